The first-order valence-corrected chi connectivity index (χ1v) is 6.09. The Morgan fingerprint density at radius 1 is 1.21 bits per heavy atom. The molecular weight excluding hydrogens is 204 g/mol. The molecule has 0 bridgehead atoms. The number of benzene rings is 1. The second kappa shape index (κ2) is 2.98. The minimum Gasteiger partial charge on any atom is -0.347 e. The highest BCUT2D eigenvalue weighted by molar-refractivity contribution is 8.24. The van der Waals surface area contributed by atoms with Gasteiger partial charge in [0.15, 0.2) is 0 Å². The summed E-state index contributed by atoms with van der Waals surface area (Å²) in [5, 5.41) is 0.982. The molecule has 0 aliphatic heterocycles. The molecule has 2 aromatic rings. The van der Waals surface area contributed by atoms with E-state index < -0.39 is 10.8 Å². The average Bonchev–Trinajstić information content (AvgIpc) is 2.44. The fourth-order valence-electron chi connectivity index (χ4n) is 1.62. The Morgan fingerprint density at radius 2 is 1.86 bits per heavy atom. The van der Waals surface area contributed by atoms with E-state index in [0.29, 0.717) is 5.56 Å². The van der Waals surface area contributed by atoms with E-state index in [9.17, 15) is 7.77 Å². The van der Waals surface area contributed by atoms with Crippen molar-refractivity contribution >= 4 is 21.7 Å². The lowest BCUT2D eigenvalue weighted by Gasteiger charge is -2.13. The molecule has 0 saturated carbocycles. The lowest BCUT2D eigenvalue weighted by Crippen LogP contribution is -1.86. The summed E-state index contributed by atoms with van der Waals surface area (Å²) in [7, 11) is -3.65. The van der Waals surface area contributed by atoms with Gasteiger partial charge in [-0.1, -0.05) is 18.2 Å². The quantitative estimate of drug-likeness (QED) is 0.739. The molecule has 14 heavy (non-hydrogen) atoms. The van der Waals surface area contributed by atoms with Crippen LogP contribution in [0.15, 0.2) is 29.3 Å². The van der Waals surface area contributed by atoms with Gasteiger partial charge in [0.25, 0.3) is 0 Å². The van der Waals surface area contributed by atoms with Crippen molar-refractivity contribution in [1.82, 2.24) is 4.98 Å². The van der Waals surface area contributed by atoms with Crippen LogP contribution in [0.3, 0.4) is 0 Å². The van der Waals surface area contributed by atoms with Gasteiger partial charge in [-0.3, -0.25) is 0 Å². The molecule has 0 fully saturated rings. The van der Waals surface area contributed by atoms with Crippen molar-refractivity contribution in [1.29, 1.82) is 0 Å². The number of rotatable bonds is 1. The number of fused-ring (bicyclic) bond motifs is 1. The molecule has 0 atom stereocenters. The van der Waals surface area contributed by atoms with E-state index in [1.54, 1.807) is 6.92 Å². The van der Waals surface area contributed by atoms with Crippen LogP contribution in [0.1, 0.15) is 5.56 Å². The van der Waals surface area contributed by atoms with E-state index in [1.165, 1.54) is 0 Å². The van der Waals surface area contributed by atoms with Crippen LogP contribution in [0.25, 0.3) is 10.9 Å². The summed E-state index contributed by atoms with van der Waals surface area (Å²) in [5.41, 5.74) is 1.46. The molecule has 1 aromatic carbocycles. The van der Waals surface area contributed by atoms with Crippen molar-refractivity contribution in [3.8, 4) is 0 Å². The normalized spacial score (nSPS) is 13.4. The molecule has 0 unspecified atom stereocenters. The summed E-state index contributed by atoms with van der Waals surface area (Å²) in [5.74, 6) is 0. The minimum absolute atomic E-state index is 0.0960. The Kier molecular flexibility index (Phi) is 2.03. The number of aromatic amines is 1. The maximum absolute atomic E-state index is 13.2. The van der Waals surface area contributed by atoms with Crippen molar-refractivity contribution in [2.45, 2.75) is 11.9 Å². The van der Waals surface area contributed by atoms with Crippen LogP contribution in [0.4, 0.5) is 7.77 Å². The van der Waals surface area contributed by atoms with Crippen molar-refractivity contribution < 1.29 is 7.77 Å². The Balaban J connectivity index is 2.75. The number of aromatic nitrogens is 1. The molecule has 1 nitrogen and oxygen atoms in total. The third-order valence-electron chi connectivity index (χ3n) is 2.28. The Labute approximate surface area is 83.0 Å². The van der Waals surface area contributed by atoms with E-state index in [2.05, 4.69) is 4.98 Å². The molecule has 0 aliphatic carbocycles. The van der Waals surface area contributed by atoms with Gasteiger partial charge in [-0.2, -0.15) is 7.77 Å². The first kappa shape index (κ1) is 9.52. The predicted molar refractivity (Wildman–Crippen MR) is 57.0 cm³/mol. The first-order valence-electron chi connectivity index (χ1n) is 4.25. The van der Waals surface area contributed by atoms with Crippen molar-refractivity contribution in [3.63, 3.8) is 0 Å². The molecule has 0 saturated heterocycles. The van der Waals surface area contributed by atoms with Gasteiger partial charge >= 0.3 is 0 Å². The van der Waals surface area contributed by atoms with Crippen molar-refractivity contribution in [2.24, 2.45) is 0 Å². The van der Waals surface area contributed by atoms with Gasteiger partial charge < -0.3 is 4.98 Å². The van der Waals surface area contributed by atoms with E-state index in [4.69, 9.17) is 0 Å². The molecule has 1 N–H and O–H groups in total. The number of H-pyrrole nitrogens is 1. The zero-order chi connectivity index (χ0) is 10.3. The highest BCUT2D eigenvalue weighted by Gasteiger charge is 2.23. The third kappa shape index (κ3) is 1.39. The molecular formula is C10H11F2NS. The number of nitrogens with one attached hydrogen (secondary N) is 1. The number of aryl methyl sites for hydroxylation is 1. The topological polar surface area (TPSA) is 15.8 Å². The summed E-state index contributed by atoms with van der Waals surface area (Å²) in [4.78, 5) is 2.79. The Bertz CT molecular complexity index is 470. The summed E-state index contributed by atoms with van der Waals surface area (Å²) in [6.07, 6.45) is 0.991. The van der Waals surface area contributed by atoms with Crippen LogP contribution >= 0.6 is 10.8 Å². The van der Waals surface area contributed by atoms with Gasteiger partial charge in [0, 0.05) is 17.2 Å². The van der Waals surface area contributed by atoms with E-state index in [-0.39, 0.29) is 5.03 Å². The van der Waals surface area contributed by atoms with E-state index in [1.807, 2.05) is 24.3 Å². The van der Waals surface area contributed by atoms with Gasteiger partial charge in [0.1, 0.15) is 5.03 Å². The van der Waals surface area contributed by atoms with Gasteiger partial charge in [0.2, 0.25) is 0 Å². The summed E-state index contributed by atoms with van der Waals surface area (Å²) in [6.45, 7) is 1.73. The number of hydrogen-bond acceptors (Lipinski definition) is 0. The highest BCUT2D eigenvalue weighted by Crippen LogP contribution is 2.57. The minimum atomic E-state index is -3.65. The molecule has 0 aliphatic rings. The zero-order valence-electron chi connectivity index (χ0n) is 7.97. The van der Waals surface area contributed by atoms with Crippen molar-refractivity contribution in [3.05, 3.63) is 29.8 Å². The average molecular weight is 215 g/mol. The monoisotopic (exact) mass is 215 g/mol. The predicted octanol–water partition coefficient (Wildman–Crippen LogP) is 4.04. The van der Waals surface area contributed by atoms with Crippen LogP contribution < -0.4 is 0 Å². The van der Waals surface area contributed by atoms with Crippen LogP contribution in [0, 0.1) is 6.92 Å². The maximum atomic E-state index is 13.2. The number of hydrogen-bond donors (Lipinski definition) is 1. The van der Waals surface area contributed by atoms with E-state index >= 15 is 0 Å². The standard InChI is InChI=1S/C10H11F2NS/c1-7-8-5-3-4-6-9(8)13-10(7)14(2,11)12/h3-6,13H,1-2H3. The zero-order valence-corrected chi connectivity index (χ0v) is 8.79. The van der Waals surface area contributed by atoms with Crippen LogP contribution in [-0.4, -0.2) is 11.2 Å². The molecule has 0 radical (unpaired) electrons. The molecule has 1 heterocycles. The SMILES string of the molecule is Cc1c(S(C)(F)F)[nH]c2ccccc12. The molecule has 76 valence electrons. The van der Waals surface area contributed by atoms with Crippen LogP contribution in [0.5, 0.6) is 0 Å². The van der Waals surface area contributed by atoms with E-state index in [0.717, 1.165) is 17.2 Å². The lowest BCUT2D eigenvalue weighted by molar-refractivity contribution is 0.742. The molecule has 2 rings (SSSR count). The highest BCUT2D eigenvalue weighted by atomic mass is 32.3. The van der Waals surface area contributed by atoms with Crippen LogP contribution in [-0.2, 0) is 0 Å². The summed E-state index contributed by atoms with van der Waals surface area (Å²) < 4.78 is 26.4. The van der Waals surface area contributed by atoms with Crippen molar-refractivity contribution in [2.75, 3.05) is 6.26 Å². The van der Waals surface area contributed by atoms with Gasteiger partial charge in [-0.15, -0.1) is 0 Å². The molecule has 0 amide bonds. The molecule has 1 aromatic heterocycles. The molecule has 0 spiro atoms. The largest absolute Gasteiger partial charge is 0.347 e. The summed E-state index contributed by atoms with van der Waals surface area (Å²) in [6, 6.07) is 7.37. The maximum Gasteiger partial charge on any atom is 0.115 e. The number of para-hydroxylation sites is 1. The first-order chi connectivity index (χ1) is 6.50. The number of halogens is 2. The fourth-order valence-corrected chi connectivity index (χ4v) is 2.55. The van der Waals surface area contributed by atoms with Crippen LogP contribution in [0.2, 0.25) is 0 Å². The second-order valence-electron chi connectivity index (χ2n) is 3.35. The van der Waals surface area contributed by atoms with Gasteiger partial charge in [0.05, 0.1) is 10.8 Å². The smallest absolute Gasteiger partial charge is 0.115 e. The third-order valence-corrected chi connectivity index (χ3v) is 3.40. The Hall–Kier alpha value is -1.03. The van der Waals surface area contributed by atoms with Gasteiger partial charge in [-0.05, 0) is 18.6 Å². The van der Waals surface area contributed by atoms with Gasteiger partial charge in [-0.25, -0.2) is 0 Å². The fraction of sp³-hybridized carbons (Fsp3) is 0.200. The summed E-state index contributed by atoms with van der Waals surface area (Å²) >= 11 is 0. The lowest BCUT2D eigenvalue weighted by atomic mass is 10.2. The second-order valence-corrected chi connectivity index (χ2v) is 5.21. The Morgan fingerprint density at radius 3 is 2.43 bits per heavy atom. The molecule has 4 heteroatoms.